The Morgan fingerprint density at radius 2 is 1.11 bits per heavy atom. The molecule has 2 N–H and O–H groups in total. The second-order valence-electron chi connectivity index (χ2n) is 6.82. The third-order valence-electron chi connectivity index (χ3n) is 4.25. The van der Waals surface area contributed by atoms with Crippen molar-refractivity contribution in [3.63, 3.8) is 0 Å². The number of hydrogen-bond donors (Lipinski definition) is 2. The van der Waals surface area contributed by atoms with Gasteiger partial charge in [0.05, 0.1) is 0 Å². The fraction of sp³-hybridized carbons (Fsp3) is 0.318. The molecule has 0 radical (unpaired) electrons. The largest absolute Gasteiger partial charge is 0.354 e. The minimum atomic E-state index is 0.248. The summed E-state index contributed by atoms with van der Waals surface area (Å²) in [5.41, 5.74) is 2.59. The van der Waals surface area contributed by atoms with Gasteiger partial charge in [0.2, 0.25) is 11.9 Å². The van der Waals surface area contributed by atoms with Gasteiger partial charge in [-0.1, -0.05) is 74.5 Å². The first-order valence-electron chi connectivity index (χ1n) is 9.52. The van der Waals surface area contributed by atoms with Crippen molar-refractivity contribution in [3.05, 3.63) is 77.6 Å². The van der Waals surface area contributed by atoms with E-state index < -0.39 is 0 Å². The van der Waals surface area contributed by atoms with Gasteiger partial charge in [-0.25, -0.2) is 0 Å². The van der Waals surface area contributed by atoms with Crippen molar-refractivity contribution < 1.29 is 0 Å². The smallest absolute Gasteiger partial charge is 0.227 e. The van der Waals surface area contributed by atoms with Crippen molar-refractivity contribution in [2.75, 3.05) is 23.7 Å². The third-order valence-corrected chi connectivity index (χ3v) is 4.25. The van der Waals surface area contributed by atoms with Gasteiger partial charge in [-0.3, -0.25) is 0 Å². The summed E-state index contributed by atoms with van der Waals surface area (Å²) in [5.74, 6) is 2.31. The van der Waals surface area contributed by atoms with Crippen LogP contribution in [0.15, 0.2) is 60.7 Å². The van der Waals surface area contributed by atoms with E-state index in [1.54, 1.807) is 0 Å². The Hall–Kier alpha value is -2.95. The Morgan fingerprint density at radius 1 is 0.667 bits per heavy atom. The van der Waals surface area contributed by atoms with E-state index in [-0.39, 0.29) is 5.92 Å². The summed E-state index contributed by atoms with van der Waals surface area (Å²) in [6.45, 7) is 5.76. The van der Waals surface area contributed by atoms with Crippen LogP contribution in [0.3, 0.4) is 0 Å². The molecule has 140 valence electrons. The van der Waals surface area contributed by atoms with Crippen LogP contribution in [0.25, 0.3) is 0 Å². The molecule has 0 fully saturated rings. The Morgan fingerprint density at radius 3 is 1.52 bits per heavy atom. The van der Waals surface area contributed by atoms with Gasteiger partial charge in [0.1, 0.15) is 5.82 Å². The van der Waals surface area contributed by atoms with Crippen molar-refractivity contribution in [2.24, 2.45) is 0 Å². The number of rotatable bonds is 9. The average molecular weight is 361 g/mol. The number of benzene rings is 2. The second-order valence-corrected chi connectivity index (χ2v) is 6.82. The topological polar surface area (TPSA) is 62.7 Å². The molecule has 3 rings (SSSR count). The molecule has 0 amide bonds. The summed E-state index contributed by atoms with van der Waals surface area (Å²) < 4.78 is 0. The van der Waals surface area contributed by atoms with Crippen molar-refractivity contribution in [3.8, 4) is 0 Å². The highest BCUT2D eigenvalue weighted by molar-refractivity contribution is 5.35. The maximum Gasteiger partial charge on any atom is 0.227 e. The number of hydrogen-bond acceptors (Lipinski definition) is 5. The first-order valence-corrected chi connectivity index (χ1v) is 9.52. The summed E-state index contributed by atoms with van der Waals surface area (Å²) in [6, 6.07) is 20.8. The maximum atomic E-state index is 4.56. The number of nitrogens with one attached hydrogen (secondary N) is 2. The van der Waals surface area contributed by atoms with Crippen LogP contribution in [-0.2, 0) is 12.8 Å². The summed E-state index contributed by atoms with van der Waals surface area (Å²) in [7, 11) is 0. The van der Waals surface area contributed by atoms with Gasteiger partial charge < -0.3 is 10.6 Å². The zero-order valence-electron chi connectivity index (χ0n) is 16.0. The van der Waals surface area contributed by atoms with Crippen LogP contribution in [0.4, 0.5) is 11.9 Å². The average Bonchev–Trinajstić information content (AvgIpc) is 2.69. The molecule has 0 atom stereocenters. The molecule has 3 aromatic rings. The predicted molar refractivity (Wildman–Crippen MR) is 111 cm³/mol. The van der Waals surface area contributed by atoms with Gasteiger partial charge >= 0.3 is 0 Å². The van der Waals surface area contributed by atoms with Crippen LogP contribution in [-0.4, -0.2) is 28.0 Å². The zero-order chi connectivity index (χ0) is 18.9. The van der Waals surface area contributed by atoms with Crippen LogP contribution in [0.1, 0.15) is 36.7 Å². The van der Waals surface area contributed by atoms with Gasteiger partial charge in [0.15, 0.2) is 0 Å². The Bertz CT molecular complexity index is 755. The molecule has 0 saturated carbocycles. The molecular formula is C22H27N5. The molecule has 0 bridgehead atoms. The zero-order valence-corrected chi connectivity index (χ0v) is 16.0. The second kappa shape index (κ2) is 9.67. The van der Waals surface area contributed by atoms with Crippen LogP contribution < -0.4 is 10.6 Å². The molecule has 1 aromatic heterocycles. The highest BCUT2D eigenvalue weighted by atomic mass is 15.2. The number of aromatic nitrogens is 3. The van der Waals surface area contributed by atoms with E-state index in [0.717, 1.165) is 31.8 Å². The number of nitrogens with zero attached hydrogens (tertiary/aromatic N) is 3. The van der Waals surface area contributed by atoms with Gasteiger partial charge in [0.25, 0.3) is 0 Å². The molecule has 1 heterocycles. The molecule has 0 aliphatic heterocycles. The standard InChI is InChI=1S/C22H27N5/c1-17(2)20-25-21(23-15-13-18-9-5-3-6-10-18)27-22(26-20)24-16-14-19-11-7-4-8-12-19/h3-12,17H,13-16H2,1-2H3,(H2,23,24,25,26,27). The lowest BCUT2D eigenvalue weighted by atomic mass is 10.1. The van der Waals surface area contributed by atoms with E-state index in [1.165, 1.54) is 11.1 Å². The Balaban J connectivity index is 1.59. The SMILES string of the molecule is CC(C)c1nc(NCCc2ccccc2)nc(NCCc2ccccc2)n1. The van der Waals surface area contributed by atoms with Gasteiger partial charge in [-0.2, -0.15) is 15.0 Å². The fourth-order valence-corrected chi connectivity index (χ4v) is 2.74. The maximum absolute atomic E-state index is 4.56. The first-order chi connectivity index (χ1) is 13.2. The van der Waals surface area contributed by atoms with E-state index in [9.17, 15) is 0 Å². The van der Waals surface area contributed by atoms with Gasteiger partial charge in [0, 0.05) is 19.0 Å². The molecular weight excluding hydrogens is 334 g/mol. The van der Waals surface area contributed by atoms with E-state index in [1.807, 2.05) is 12.1 Å². The van der Waals surface area contributed by atoms with Crippen LogP contribution in [0.5, 0.6) is 0 Å². The van der Waals surface area contributed by atoms with Gasteiger partial charge in [-0.05, 0) is 24.0 Å². The molecule has 0 saturated heterocycles. The van der Waals surface area contributed by atoms with Crippen molar-refractivity contribution in [2.45, 2.75) is 32.6 Å². The summed E-state index contributed by atoms with van der Waals surface area (Å²) in [5, 5.41) is 6.67. The normalized spacial score (nSPS) is 10.8. The van der Waals surface area contributed by atoms with E-state index in [2.05, 4.69) is 88.0 Å². The molecule has 0 aliphatic carbocycles. The Kier molecular flexibility index (Phi) is 6.74. The van der Waals surface area contributed by atoms with Crippen LogP contribution >= 0.6 is 0 Å². The summed E-state index contributed by atoms with van der Waals surface area (Å²) in [4.78, 5) is 13.6. The van der Waals surface area contributed by atoms with E-state index in [0.29, 0.717) is 11.9 Å². The van der Waals surface area contributed by atoms with Crippen molar-refractivity contribution in [1.82, 2.24) is 15.0 Å². The lowest BCUT2D eigenvalue weighted by molar-refractivity contribution is 0.759. The molecule has 5 heteroatoms. The molecule has 0 aliphatic rings. The van der Waals surface area contributed by atoms with Crippen molar-refractivity contribution >= 4 is 11.9 Å². The molecule has 0 spiro atoms. The molecule has 0 unspecified atom stereocenters. The Labute approximate surface area is 161 Å². The monoisotopic (exact) mass is 361 g/mol. The predicted octanol–water partition coefficient (Wildman–Crippen LogP) is 4.30. The fourth-order valence-electron chi connectivity index (χ4n) is 2.74. The van der Waals surface area contributed by atoms with Crippen LogP contribution in [0.2, 0.25) is 0 Å². The lowest BCUT2D eigenvalue weighted by Crippen LogP contribution is -2.15. The van der Waals surface area contributed by atoms with Gasteiger partial charge in [-0.15, -0.1) is 0 Å². The molecule has 5 nitrogen and oxygen atoms in total. The minimum Gasteiger partial charge on any atom is -0.354 e. The third kappa shape index (κ3) is 6.06. The van der Waals surface area contributed by atoms with Crippen molar-refractivity contribution in [1.29, 1.82) is 0 Å². The highest BCUT2D eigenvalue weighted by Crippen LogP contribution is 2.14. The summed E-state index contributed by atoms with van der Waals surface area (Å²) >= 11 is 0. The minimum absolute atomic E-state index is 0.248. The number of anilines is 2. The summed E-state index contributed by atoms with van der Waals surface area (Å²) in [6.07, 6.45) is 1.86. The van der Waals surface area contributed by atoms with E-state index in [4.69, 9.17) is 0 Å². The van der Waals surface area contributed by atoms with Crippen LogP contribution in [0, 0.1) is 0 Å². The molecule has 2 aromatic carbocycles. The lowest BCUT2D eigenvalue weighted by Gasteiger charge is -2.12. The highest BCUT2D eigenvalue weighted by Gasteiger charge is 2.09. The molecule has 27 heavy (non-hydrogen) atoms. The first kappa shape index (κ1) is 18.8. The van der Waals surface area contributed by atoms with E-state index >= 15 is 0 Å². The quantitative estimate of drug-likeness (QED) is 0.595.